The van der Waals surface area contributed by atoms with Gasteiger partial charge in [-0.2, -0.15) is 13.5 Å². The van der Waals surface area contributed by atoms with Gasteiger partial charge in [0, 0.05) is 13.6 Å². The summed E-state index contributed by atoms with van der Waals surface area (Å²) in [6.45, 7) is 0. The van der Waals surface area contributed by atoms with Crippen molar-refractivity contribution in [3.8, 4) is 0 Å². The molecule has 0 bridgehead atoms. The summed E-state index contributed by atoms with van der Waals surface area (Å²) in [5, 5.41) is 3.79. The highest BCUT2D eigenvalue weighted by Crippen LogP contribution is 2.14. The van der Waals surface area contributed by atoms with Crippen LogP contribution >= 0.6 is 38.5 Å². The maximum Gasteiger partial charge on any atom is 0.276 e. The molecule has 0 aliphatic carbocycles. The summed E-state index contributed by atoms with van der Waals surface area (Å²) in [6, 6.07) is 13.9. The van der Waals surface area contributed by atoms with Gasteiger partial charge in [0.25, 0.3) is 10.0 Å². The van der Waals surface area contributed by atoms with Crippen molar-refractivity contribution in [1.29, 1.82) is 0 Å². The van der Waals surface area contributed by atoms with Crippen molar-refractivity contribution in [2.75, 3.05) is 0 Å². The van der Waals surface area contributed by atoms with Gasteiger partial charge in [-0.3, -0.25) is 0 Å². The molecule has 4 nitrogen and oxygen atoms in total. The van der Waals surface area contributed by atoms with Gasteiger partial charge in [-0.05, 0) is 52.9 Å². The highest BCUT2D eigenvalue weighted by molar-refractivity contribution is 14.1. The molecule has 0 saturated heterocycles. The van der Waals surface area contributed by atoms with Gasteiger partial charge in [0.2, 0.25) is 0 Å². The predicted octanol–water partition coefficient (Wildman–Crippen LogP) is 3.37. The topological polar surface area (TPSA) is 58.5 Å². The molecule has 0 atom stereocenters. The summed E-state index contributed by atoms with van der Waals surface area (Å²) in [7, 11) is -3.63. The Hall–Kier alpha value is -0.930. The molecule has 104 valence electrons. The van der Waals surface area contributed by atoms with Crippen LogP contribution < -0.4 is 4.83 Å². The lowest BCUT2D eigenvalue weighted by atomic mass is 10.2. The largest absolute Gasteiger partial charge is 0.276 e. The van der Waals surface area contributed by atoms with Crippen LogP contribution in [0.5, 0.6) is 0 Å². The van der Waals surface area contributed by atoms with E-state index in [9.17, 15) is 8.42 Å². The number of hydrazone groups is 1. The molecule has 0 heterocycles. The first kappa shape index (κ1) is 15.5. The smallest absolute Gasteiger partial charge is 0.200 e. The maximum absolute atomic E-state index is 12.0. The van der Waals surface area contributed by atoms with Gasteiger partial charge in [-0.1, -0.05) is 34.1 Å². The van der Waals surface area contributed by atoms with Crippen LogP contribution in [0.4, 0.5) is 0 Å². The fourth-order valence-electron chi connectivity index (χ4n) is 1.41. The summed E-state index contributed by atoms with van der Waals surface area (Å²) < 4.78 is 25.8. The molecular weight excluding hydrogens is 455 g/mol. The number of hydrogen-bond acceptors (Lipinski definition) is 3. The van der Waals surface area contributed by atoms with E-state index in [1.54, 1.807) is 12.1 Å². The van der Waals surface area contributed by atoms with E-state index in [1.807, 2.05) is 24.3 Å². The summed E-state index contributed by atoms with van der Waals surface area (Å²) >= 11 is 5.42. The van der Waals surface area contributed by atoms with Crippen LogP contribution in [-0.2, 0) is 10.0 Å². The Morgan fingerprint density at radius 3 is 2.40 bits per heavy atom. The van der Waals surface area contributed by atoms with Crippen LogP contribution in [0.1, 0.15) is 5.56 Å². The Balaban J connectivity index is 2.14. The summed E-state index contributed by atoms with van der Waals surface area (Å²) in [4.78, 5) is 2.36. The van der Waals surface area contributed by atoms with Gasteiger partial charge in [-0.15, -0.1) is 0 Å². The number of nitrogens with zero attached hydrogens (tertiary/aromatic N) is 1. The number of halogens is 2. The fourth-order valence-corrected chi connectivity index (χ4v) is 2.99. The second-order valence-corrected chi connectivity index (χ2v) is 7.57. The monoisotopic (exact) mass is 464 g/mol. The third-order valence-electron chi connectivity index (χ3n) is 2.41. The molecular formula is C13H10BrIN2O2S. The van der Waals surface area contributed by atoms with Gasteiger partial charge in [0.15, 0.2) is 0 Å². The normalized spacial score (nSPS) is 11.7. The molecule has 0 aliphatic heterocycles. The third-order valence-corrected chi connectivity index (χ3v) is 5.16. The van der Waals surface area contributed by atoms with E-state index in [4.69, 9.17) is 0 Å². The maximum atomic E-state index is 12.0. The van der Waals surface area contributed by atoms with Crippen LogP contribution in [0.15, 0.2) is 63.0 Å². The lowest BCUT2D eigenvalue weighted by molar-refractivity contribution is 0.584. The summed E-state index contributed by atoms with van der Waals surface area (Å²) in [5.74, 6) is 0. The van der Waals surface area contributed by atoms with E-state index in [0.717, 1.165) is 13.6 Å². The Kier molecular flexibility index (Phi) is 5.17. The summed E-state index contributed by atoms with van der Waals surface area (Å²) in [6.07, 6.45) is 1.48. The van der Waals surface area contributed by atoms with Gasteiger partial charge >= 0.3 is 0 Å². The Bertz CT molecular complexity index is 730. The zero-order chi connectivity index (χ0) is 14.6. The van der Waals surface area contributed by atoms with Crippen LogP contribution in [0.2, 0.25) is 0 Å². The van der Waals surface area contributed by atoms with E-state index >= 15 is 0 Å². The minimum absolute atomic E-state index is 0.167. The van der Waals surface area contributed by atoms with Crippen LogP contribution in [0.25, 0.3) is 0 Å². The molecule has 0 spiro atoms. The predicted molar refractivity (Wildman–Crippen MR) is 91.2 cm³/mol. The number of rotatable bonds is 4. The first-order valence-electron chi connectivity index (χ1n) is 5.54. The average molecular weight is 465 g/mol. The van der Waals surface area contributed by atoms with Crippen molar-refractivity contribution >= 4 is 54.8 Å². The van der Waals surface area contributed by atoms with E-state index in [1.165, 1.54) is 18.3 Å². The van der Waals surface area contributed by atoms with Crippen molar-refractivity contribution in [3.05, 3.63) is 62.1 Å². The van der Waals surface area contributed by atoms with Gasteiger partial charge < -0.3 is 0 Å². The first-order valence-corrected chi connectivity index (χ1v) is 8.89. The Morgan fingerprint density at radius 1 is 1.10 bits per heavy atom. The van der Waals surface area contributed by atoms with E-state index in [2.05, 4.69) is 48.5 Å². The Morgan fingerprint density at radius 2 is 1.75 bits per heavy atom. The zero-order valence-electron chi connectivity index (χ0n) is 10.1. The fraction of sp³-hybridized carbons (Fsp3) is 0. The molecule has 2 rings (SSSR count). The first-order chi connectivity index (χ1) is 9.49. The lowest BCUT2D eigenvalue weighted by Gasteiger charge is -2.03. The van der Waals surface area contributed by atoms with Gasteiger partial charge in [0.05, 0.1) is 11.1 Å². The number of sulfonamides is 1. The second kappa shape index (κ2) is 6.68. The van der Waals surface area contributed by atoms with Crippen molar-refractivity contribution in [2.24, 2.45) is 5.10 Å². The molecule has 0 aliphatic rings. The summed E-state index contributed by atoms with van der Waals surface area (Å²) in [5.41, 5.74) is 0.853. The standard InChI is InChI=1S/C13H10BrIN2O2S/c14-11-5-7-12(8-6-11)20(18,19)17-16-9-10-3-1-2-4-13(10)15/h1-9,17H. The SMILES string of the molecule is O=S(=O)(NN=Cc1ccccc1I)c1ccc(Br)cc1. The second-order valence-electron chi connectivity index (χ2n) is 3.83. The highest BCUT2D eigenvalue weighted by atomic mass is 127. The number of benzene rings is 2. The molecule has 2 aromatic rings. The lowest BCUT2D eigenvalue weighted by Crippen LogP contribution is -2.18. The van der Waals surface area contributed by atoms with Crippen LogP contribution in [-0.4, -0.2) is 14.6 Å². The minimum Gasteiger partial charge on any atom is -0.200 e. The average Bonchev–Trinajstić information content (AvgIpc) is 2.41. The molecule has 1 N–H and O–H groups in total. The van der Waals surface area contributed by atoms with E-state index < -0.39 is 10.0 Å². The molecule has 0 unspecified atom stereocenters. The molecule has 0 fully saturated rings. The molecule has 0 radical (unpaired) electrons. The quantitative estimate of drug-likeness (QED) is 0.428. The molecule has 20 heavy (non-hydrogen) atoms. The van der Waals surface area contributed by atoms with Crippen LogP contribution in [0, 0.1) is 3.57 Å². The molecule has 2 aromatic carbocycles. The van der Waals surface area contributed by atoms with Crippen molar-refractivity contribution in [1.82, 2.24) is 4.83 Å². The van der Waals surface area contributed by atoms with E-state index in [0.29, 0.717) is 0 Å². The van der Waals surface area contributed by atoms with Crippen LogP contribution in [0.3, 0.4) is 0 Å². The number of nitrogens with one attached hydrogen (secondary N) is 1. The molecule has 0 aromatic heterocycles. The van der Waals surface area contributed by atoms with Crippen molar-refractivity contribution in [3.63, 3.8) is 0 Å². The molecule has 7 heteroatoms. The molecule has 0 amide bonds. The van der Waals surface area contributed by atoms with E-state index in [-0.39, 0.29) is 4.90 Å². The van der Waals surface area contributed by atoms with Crippen molar-refractivity contribution in [2.45, 2.75) is 4.90 Å². The zero-order valence-corrected chi connectivity index (χ0v) is 14.7. The van der Waals surface area contributed by atoms with Gasteiger partial charge in [0.1, 0.15) is 0 Å². The minimum atomic E-state index is -3.63. The molecule has 0 saturated carbocycles. The van der Waals surface area contributed by atoms with Gasteiger partial charge in [-0.25, -0.2) is 4.83 Å². The van der Waals surface area contributed by atoms with Crippen molar-refractivity contribution < 1.29 is 8.42 Å². The Labute approximate surface area is 139 Å². The highest BCUT2D eigenvalue weighted by Gasteiger charge is 2.11. The third kappa shape index (κ3) is 4.03. The number of hydrogen-bond donors (Lipinski definition) is 1.